The molecule has 0 spiro atoms. The van der Waals surface area contributed by atoms with Gasteiger partial charge in [-0.25, -0.2) is 0 Å². The first-order valence-electron chi connectivity index (χ1n) is 7.46. The Bertz CT molecular complexity index is 495. The third-order valence-corrected chi connectivity index (χ3v) is 4.41. The molecule has 0 saturated heterocycles. The van der Waals surface area contributed by atoms with E-state index in [0.29, 0.717) is 12.0 Å². The van der Waals surface area contributed by atoms with Crippen LogP contribution in [0.25, 0.3) is 0 Å². The zero-order chi connectivity index (χ0) is 15.2. The van der Waals surface area contributed by atoms with E-state index >= 15 is 0 Å². The van der Waals surface area contributed by atoms with Gasteiger partial charge in [0.1, 0.15) is 0 Å². The van der Waals surface area contributed by atoms with Gasteiger partial charge < -0.3 is 10.2 Å². The quantitative estimate of drug-likeness (QED) is 0.366. The second-order valence-electron chi connectivity index (χ2n) is 5.54. The Morgan fingerprint density at radius 3 is 2.81 bits per heavy atom. The number of halogens is 1. The summed E-state index contributed by atoms with van der Waals surface area (Å²) in [6.07, 6.45) is 5.31. The Labute approximate surface area is 136 Å². The number of nitrogens with one attached hydrogen (secondary N) is 1. The van der Waals surface area contributed by atoms with Crippen LogP contribution in [0.15, 0.2) is 46.4 Å². The molecule has 1 aromatic carbocycles. The number of nitrogens with zero attached hydrogens (tertiary/aromatic N) is 2. The van der Waals surface area contributed by atoms with Gasteiger partial charge in [0.05, 0.1) is 0 Å². The average Bonchev–Trinajstić information content (AvgIpc) is 3.25. The van der Waals surface area contributed by atoms with Crippen LogP contribution >= 0.6 is 15.9 Å². The molecule has 0 radical (unpaired) electrons. The minimum absolute atomic E-state index is 0.506. The third-order valence-electron chi connectivity index (χ3n) is 3.88. The van der Waals surface area contributed by atoms with E-state index in [2.05, 4.69) is 69.0 Å². The number of hydrogen-bond donors (Lipinski definition) is 1. The van der Waals surface area contributed by atoms with Crippen molar-refractivity contribution in [3.63, 3.8) is 0 Å². The molecule has 1 aliphatic rings. The van der Waals surface area contributed by atoms with Crippen LogP contribution < -0.4 is 5.32 Å². The minimum atomic E-state index is 0.506. The van der Waals surface area contributed by atoms with Crippen LogP contribution in [-0.4, -0.2) is 37.5 Å². The molecule has 0 aromatic heterocycles. The van der Waals surface area contributed by atoms with Crippen LogP contribution in [0.1, 0.15) is 30.7 Å². The largest absolute Gasteiger partial charge is 0.353 e. The molecule has 2 atom stereocenters. The second-order valence-corrected chi connectivity index (χ2v) is 6.46. The summed E-state index contributed by atoms with van der Waals surface area (Å²) in [7, 11) is 3.94. The highest BCUT2D eigenvalue weighted by Crippen LogP contribution is 2.41. The van der Waals surface area contributed by atoms with Gasteiger partial charge in [-0.15, -0.1) is 6.58 Å². The lowest BCUT2D eigenvalue weighted by Crippen LogP contribution is -2.40. The second kappa shape index (κ2) is 7.64. The lowest BCUT2D eigenvalue weighted by molar-refractivity contribution is 0.469. The highest BCUT2D eigenvalue weighted by atomic mass is 79.9. The summed E-state index contributed by atoms with van der Waals surface area (Å²) in [5, 5.41) is 3.57. The monoisotopic (exact) mass is 349 g/mol. The molecule has 3 nitrogen and oxygen atoms in total. The van der Waals surface area contributed by atoms with Gasteiger partial charge in [0.15, 0.2) is 5.96 Å². The van der Waals surface area contributed by atoms with Crippen molar-refractivity contribution in [1.29, 1.82) is 0 Å². The van der Waals surface area contributed by atoms with Crippen molar-refractivity contribution in [3.8, 4) is 0 Å². The number of rotatable bonds is 6. The average molecular weight is 350 g/mol. The first-order valence-corrected chi connectivity index (χ1v) is 8.25. The molecule has 0 aliphatic heterocycles. The zero-order valence-corrected chi connectivity index (χ0v) is 14.4. The molecule has 21 heavy (non-hydrogen) atoms. The Kier molecular flexibility index (Phi) is 5.85. The molecule has 2 rings (SSSR count). The van der Waals surface area contributed by atoms with Crippen molar-refractivity contribution in [2.45, 2.75) is 31.2 Å². The van der Waals surface area contributed by atoms with Gasteiger partial charge in [0.2, 0.25) is 0 Å². The van der Waals surface area contributed by atoms with Crippen molar-refractivity contribution in [3.05, 3.63) is 47.0 Å². The zero-order valence-electron chi connectivity index (χ0n) is 12.8. The van der Waals surface area contributed by atoms with Crippen LogP contribution in [0.4, 0.5) is 0 Å². The first kappa shape index (κ1) is 16.1. The summed E-state index contributed by atoms with van der Waals surface area (Å²) in [5.41, 5.74) is 1.40. The Morgan fingerprint density at radius 1 is 1.48 bits per heavy atom. The van der Waals surface area contributed by atoms with Crippen LogP contribution in [0, 0.1) is 0 Å². The maximum absolute atomic E-state index is 4.39. The maximum atomic E-state index is 4.39. The number of hydrogen-bond acceptors (Lipinski definition) is 1. The summed E-state index contributed by atoms with van der Waals surface area (Å²) < 4.78 is 1.13. The number of benzene rings is 1. The summed E-state index contributed by atoms with van der Waals surface area (Å²) in [4.78, 5) is 6.58. The number of unbranched alkanes of at least 4 members (excludes halogenated alkanes) is 1. The standard InChI is InChI=1S/C17H24BrN3/c1-4-5-6-11-21(3)17(19-2)20-16-12-15(16)13-7-9-14(18)10-8-13/h4,7-10,15-16H,1,5-6,11-12H2,2-3H3,(H,19,20). The topological polar surface area (TPSA) is 27.6 Å². The summed E-state index contributed by atoms with van der Waals surface area (Å²) >= 11 is 3.48. The predicted octanol–water partition coefficient (Wildman–Crippen LogP) is 3.78. The van der Waals surface area contributed by atoms with Gasteiger partial charge >= 0.3 is 0 Å². The fourth-order valence-electron chi connectivity index (χ4n) is 2.52. The van der Waals surface area contributed by atoms with Gasteiger partial charge in [0, 0.05) is 37.1 Å². The molecule has 1 fully saturated rings. The van der Waals surface area contributed by atoms with E-state index in [4.69, 9.17) is 0 Å². The highest BCUT2D eigenvalue weighted by molar-refractivity contribution is 9.10. The molecule has 0 bridgehead atoms. The maximum Gasteiger partial charge on any atom is 0.193 e. The summed E-state index contributed by atoms with van der Waals surface area (Å²) in [5.74, 6) is 1.60. The molecular weight excluding hydrogens is 326 g/mol. The van der Waals surface area contributed by atoms with Gasteiger partial charge in [-0.3, -0.25) is 4.99 Å². The molecule has 1 N–H and O–H groups in total. The molecule has 4 heteroatoms. The van der Waals surface area contributed by atoms with Gasteiger partial charge in [-0.2, -0.15) is 0 Å². The molecule has 1 aliphatic carbocycles. The lowest BCUT2D eigenvalue weighted by Gasteiger charge is -2.22. The Balaban J connectivity index is 1.84. The molecule has 114 valence electrons. The van der Waals surface area contributed by atoms with Crippen molar-refractivity contribution in [2.24, 2.45) is 4.99 Å². The Morgan fingerprint density at radius 2 is 2.19 bits per heavy atom. The molecule has 0 heterocycles. The summed E-state index contributed by atoms with van der Waals surface area (Å²) in [6.45, 7) is 4.76. The third kappa shape index (κ3) is 4.60. The minimum Gasteiger partial charge on any atom is -0.353 e. The van der Waals surface area contributed by atoms with Gasteiger partial charge in [-0.1, -0.05) is 34.1 Å². The number of guanidine groups is 1. The molecule has 0 amide bonds. The molecule has 2 unspecified atom stereocenters. The molecular formula is C17H24BrN3. The lowest BCUT2D eigenvalue weighted by atomic mass is 10.1. The van der Waals surface area contributed by atoms with E-state index in [1.807, 2.05) is 13.1 Å². The first-order chi connectivity index (χ1) is 10.2. The fraction of sp³-hybridized carbons (Fsp3) is 0.471. The van der Waals surface area contributed by atoms with E-state index in [1.165, 1.54) is 12.0 Å². The van der Waals surface area contributed by atoms with Crippen molar-refractivity contribution in [2.75, 3.05) is 20.6 Å². The van der Waals surface area contributed by atoms with Crippen molar-refractivity contribution >= 4 is 21.9 Å². The fourth-order valence-corrected chi connectivity index (χ4v) is 2.79. The van der Waals surface area contributed by atoms with Crippen molar-refractivity contribution in [1.82, 2.24) is 10.2 Å². The smallest absolute Gasteiger partial charge is 0.193 e. The van der Waals surface area contributed by atoms with Gasteiger partial charge in [-0.05, 0) is 37.0 Å². The SMILES string of the molecule is C=CCCCN(C)C(=NC)NC1CC1c1ccc(Br)cc1. The Hall–Kier alpha value is -1.29. The van der Waals surface area contributed by atoms with Crippen molar-refractivity contribution < 1.29 is 0 Å². The van der Waals surface area contributed by atoms with E-state index in [9.17, 15) is 0 Å². The predicted molar refractivity (Wildman–Crippen MR) is 93.8 cm³/mol. The summed E-state index contributed by atoms with van der Waals surface area (Å²) in [6, 6.07) is 9.13. The number of allylic oxidation sites excluding steroid dienone is 1. The normalized spacial score (nSPS) is 21.0. The van der Waals surface area contributed by atoms with Crippen LogP contribution in [0.3, 0.4) is 0 Å². The van der Waals surface area contributed by atoms with E-state index < -0.39 is 0 Å². The molecule has 1 saturated carbocycles. The van der Waals surface area contributed by atoms with Crippen LogP contribution in [-0.2, 0) is 0 Å². The highest BCUT2D eigenvalue weighted by Gasteiger charge is 2.39. The van der Waals surface area contributed by atoms with E-state index in [0.717, 1.165) is 29.8 Å². The molecule has 1 aromatic rings. The number of aliphatic imine (C=N–C) groups is 1. The van der Waals surface area contributed by atoms with Crippen LogP contribution in [0.2, 0.25) is 0 Å². The van der Waals surface area contributed by atoms with E-state index in [1.54, 1.807) is 0 Å². The van der Waals surface area contributed by atoms with Gasteiger partial charge in [0.25, 0.3) is 0 Å². The van der Waals surface area contributed by atoms with Crippen LogP contribution in [0.5, 0.6) is 0 Å². The van der Waals surface area contributed by atoms with E-state index in [-0.39, 0.29) is 0 Å².